The second kappa shape index (κ2) is 4.34. The Morgan fingerprint density at radius 3 is 3.00 bits per heavy atom. The first-order chi connectivity index (χ1) is 6.86. The molecule has 0 fully saturated rings. The fourth-order valence-electron chi connectivity index (χ4n) is 1.13. The second-order valence-corrected chi connectivity index (χ2v) is 4.01. The van der Waals surface area contributed by atoms with E-state index in [4.69, 9.17) is 0 Å². The van der Waals surface area contributed by atoms with E-state index >= 15 is 0 Å². The van der Waals surface area contributed by atoms with Crippen LogP contribution in [0.5, 0.6) is 0 Å². The van der Waals surface area contributed by atoms with Gasteiger partial charge in [0.2, 0.25) is 0 Å². The smallest absolute Gasteiger partial charge is 0.121 e. The van der Waals surface area contributed by atoms with Crippen LogP contribution in [-0.2, 0) is 13.1 Å². The molecule has 0 aliphatic rings. The molecule has 2 aromatic heterocycles. The maximum absolute atomic E-state index is 4.60. The first-order valence-corrected chi connectivity index (χ1v) is 5.25. The minimum atomic E-state index is 0.702. The molecule has 74 valence electrons. The van der Waals surface area contributed by atoms with Crippen molar-refractivity contribution in [3.05, 3.63) is 33.8 Å². The Hall–Kier alpha value is -1.20. The van der Waals surface area contributed by atoms with Gasteiger partial charge in [0.1, 0.15) is 11.4 Å². The number of nitrogens with zero attached hydrogens (tertiary/aromatic N) is 2. The lowest BCUT2D eigenvalue weighted by molar-refractivity contribution is 0.300. The second-order valence-electron chi connectivity index (χ2n) is 2.98. The number of hydrogen-bond donors (Lipinski definition) is 1. The number of rotatable bonds is 4. The molecule has 0 amide bonds. The molecule has 2 rings (SSSR count). The van der Waals surface area contributed by atoms with Crippen LogP contribution in [0.15, 0.2) is 22.1 Å². The number of aryl methyl sites for hydroxylation is 1. The van der Waals surface area contributed by atoms with Gasteiger partial charge in [-0.25, -0.2) is 4.63 Å². The summed E-state index contributed by atoms with van der Waals surface area (Å²) in [6.45, 7) is 3.45. The Bertz CT molecular complexity index is 382. The number of thiophene rings is 1. The minimum Gasteiger partial charge on any atom is -0.306 e. The molecular weight excluding hydrogens is 198 g/mol. The average molecular weight is 209 g/mol. The standard InChI is InChI=1S/C9H11N3OS/c1-7-9(12-13-11-7)6-10-5-8-3-2-4-14-8/h2-4,10H,5-6H2,1H3. The van der Waals surface area contributed by atoms with E-state index in [2.05, 4.69) is 31.7 Å². The van der Waals surface area contributed by atoms with E-state index in [1.807, 2.05) is 13.0 Å². The Labute approximate surface area is 85.9 Å². The summed E-state index contributed by atoms with van der Waals surface area (Å²) in [4.78, 5) is 1.32. The highest BCUT2D eigenvalue weighted by molar-refractivity contribution is 7.09. The molecule has 0 bridgehead atoms. The Morgan fingerprint density at radius 2 is 2.36 bits per heavy atom. The Balaban J connectivity index is 1.81. The molecule has 0 saturated carbocycles. The predicted molar refractivity (Wildman–Crippen MR) is 53.9 cm³/mol. The van der Waals surface area contributed by atoms with Crippen molar-refractivity contribution >= 4 is 11.3 Å². The lowest BCUT2D eigenvalue weighted by atomic mass is 10.3. The van der Waals surface area contributed by atoms with Gasteiger partial charge in [-0.15, -0.1) is 11.3 Å². The van der Waals surface area contributed by atoms with Crippen molar-refractivity contribution in [3.63, 3.8) is 0 Å². The fraction of sp³-hybridized carbons (Fsp3) is 0.333. The molecule has 2 aromatic rings. The Morgan fingerprint density at radius 1 is 1.43 bits per heavy atom. The van der Waals surface area contributed by atoms with Crippen molar-refractivity contribution in [2.75, 3.05) is 0 Å². The largest absolute Gasteiger partial charge is 0.306 e. The lowest BCUT2D eigenvalue weighted by Crippen LogP contribution is -2.12. The zero-order chi connectivity index (χ0) is 9.80. The SMILES string of the molecule is Cc1nonc1CNCc1cccs1. The molecule has 0 spiro atoms. The van der Waals surface area contributed by atoms with Gasteiger partial charge in [-0.1, -0.05) is 16.4 Å². The third-order valence-corrected chi connectivity index (χ3v) is 2.79. The molecule has 0 aromatic carbocycles. The van der Waals surface area contributed by atoms with Crippen LogP contribution in [-0.4, -0.2) is 10.3 Å². The summed E-state index contributed by atoms with van der Waals surface area (Å²) in [5.41, 5.74) is 1.73. The number of nitrogens with one attached hydrogen (secondary N) is 1. The molecule has 1 N–H and O–H groups in total. The van der Waals surface area contributed by atoms with Crippen molar-refractivity contribution in [2.45, 2.75) is 20.0 Å². The first-order valence-electron chi connectivity index (χ1n) is 4.37. The van der Waals surface area contributed by atoms with Gasteiger partial charge in [0.15, 0.2) is 0 Å². The van der Waals surface area contributed by atoms with Crippen LogP contribution in [0.1, 0.15) is 16.3 Å². The maximum atomic E-state index is 4.60. The van der Waals surface area contributed by atoms with E-state index in [0.717, 1.165) is 17.9 Å². The lowest BCUT2D eigenvalue weighted by Gasteiger charge is -1.98. The van der Waals surface area contributed by atoms with E-state index in [9.17, 15) is 0 Å². The van der Waals surface area contributed by atoms with Crippen LogP contribution in [0.3, 0.4) is 0 Å². The molecule has 0 aliphatic carbocycles. The number of aromatic nitrogens is 2. The van der Waals surface area contributed by atoms with Crippen molar-refractivity contribution in [3.8, 4) is 0 Å². The average Bonchev–Trinajstić information content (AvgIpc) is 2.78. The Kier molecular flexibility index (Phi) is 2.90. The van der Waals surface area contributed by atoms with Gasteiger partial charge in [0.25, 0.3) is 0 Å². The van der Waals surface area contributed by atoms with E-state index in [-0.39, 0.29) is 0 Å². The number of hydrogen-bond acceptors (Lipinski definition) is 5. The van der Waals surface area contributed by atoms with Gasteiger partial charge >= 0.3 is 0 Å². The van der Waals surface area contributed by atoms with Crippen LogP contribution in [0, 0.1) is 6.92 Å². The summed E-state index contributed by atoms with van der Waals surface area (Å²) in [5.74, 6) is 0. The van der Waals surface area contributed by atoms with E-state index in [0.29, 0.717) is 6.54 Å². The third-order valence-electron chi connectivity index (χ3n) is 1.92. The summed E-state index contributed by atoms with van der Waals surface area (Å²) in [7, 11) is 0. The molecule has 14 heavy (non-hydrogen) atoms. The fourth-order valence-corrected chi connectivity index (χ4v) is 1.80. The highest BCUT2D eigenvalue weighted by atomic mass is 32.1. The van der Waals surface area contributed by atoms with Gasteiger partial charge in [-0.05, 0) is 18.4 Å². The quantitative estimate of drug-likeness (QED) is 0.833. The monoisotopic (exact) mass is 209 g/mol. The maximum Gasteiger partial charge on any atom is 0.121 e. The van der Waals surface area contributed by atoms with E-state index in [1.165, 1.54) is 4.88 Å². The van der Waals surface area contributed by atoms with Crippen LogP contribution in [0.25, 0.3) is 0 Å². The van der Waals surface area contributed by atoms with Crippen LogP contribution >= 0.6 is 11.3 Å². The molecule has 5 heteroatoms. The van der Waals surface area contributed by atoms with Crippen LogP contribution in [0.2, 0.25) is 0 Å². The van der Waals surface area contributed by atoms with Crippen molar-refractivity contribution in [1.29, 1.82) is 0 Å². The summed E-state index contributed by atoms with van der Waals surface area (Å²) < 4.78 is 4.60. The highest BCUT2D eigenvalue weighted by Gasteiger charge is 2.03. The summed E-state index contributed by atoms with van der Waals surface area (Å²) >= 11 is 1.74. The van der Waals surface area contributed by atoms with E-state index in [1.54, 1.807) is 11.3 Å². The van der Waals surface area contributed by atoms with Gasteiger partial charge < -0.3 is 5.32 Å². The van der Waals surface area contributed by atoms with Gasteiger partial charge in [0.05, 0.1) is 0 Å². The van der Waals surface area contributed by atoms with E-state index < -0.39 is 0 Å². The molecule has 4 nitrogen and oxygen atoms in total. The molecular formula is C9H11N3OS. The third kappa shape index (κ3) is 2.18. The van der Waals surface area contributed by atoms with Crippen molar-refractivity contribution in [2.24, 2.45) is 0 Å². The van der Waals surface area contributed by atoms with Gasteiger partial charge in [0, 0.05) is 18.0 Å². The predicted octanol–water partition coefficient (Wildman–Crippen LogP) is 1.73. The summed E-state index contributed by atoms with van der Waals surface area (Å²) in [6.07, 6.45) is 0. The van der Waals surface area contributed by atoms with Crippen molar-refractivity contribution < 1.29 is 4.63 Å². The van der Waals surface area contributed by atoms with Gasteiger partial charge in [-0.3, -0.25) is 0 Å². The minimum absolute atomic E-state index is 0.702. The van der Waals surface area contributed by atoms with Crippen LogP contribution in [0.4, 0.5) is 0 Å². The highest BCUT2D eigenvalue weighted by Crippen LogP contribution is 2.08. The topological polar surface area (TPSA) is 51.0 Å². The molecule has 0 saturated heterocycles. The normalized spacial score (nSPS) is 10.6. The summed E-state index contributed by atoms with van der Waals surface area (Å²) in [6, 6.07) is 4.15. The zero-order valence-electron chi connectivity index (χ0n) is 7.86. The van der Waals surface area contributed by atoms with Gasteiger partial charge in [-0.2, -0.15) is 0 Å². The van der Waals surface area contributed by atoms with Crippen molar-refractivity contribution in [1.82, 2.24) is 15.6 Å². The first kappa shape index (κ1) is 9.36. The molecule has 0 aliphatic heterocycles. The molecule has 0 radical (unpaired) electrons. The zero-order valence-corrected chi connectivity index (χ0v) is 8.67. The molecule has 0 atom stereocenters. The summed E-state index contributed by atoms with van der Waals surface area (Å²) in [5, 5.41) is 12.8. The van der Waals surface area contributed by atoms with Crippen LogP contribution < -0.4 is 5.32 Å². The molecule has 2 heterocycles. The molecule has 0 unspecified atom stereocenters.